The van der Waals surface area contributed by atoms with E-state index in [1.54, 1.807) is 0 Å². The maximum Gasteiger partial charge on any atom is 0.0386 e. The molecule has 2 rings (SSSR count). The molecule has 2 aromatic rings. The molecule has 0 aliphatic carbocycles. The molecule has 18 heavy (non-hydrogen) atoms. The van der Waals surface area contributed by atoms with Crippen LogP contribution in [0.15, 0.2) is 42.5 Å². The summed E-state index contributed by atoms with van der Waals surface area (Å²) in [5, 5.41) is 3.62. The fourth-order valence-electron chi connectivity index (χ4n) is 2.04. The summed E-state index contributed by atoms with van der Waals surface area (Å²) in [7, 11) is 0. The first kappa shape index (κ1) is 13.3. The van der Waals surface area contributed by atoms with Gasteiger partial charge >= 0.3 is 0 Å². The maximum absolute atomic E-state index is 3.62. The van der Waals surface area contributed by atoms with Crippen LogP contribution in [-0.4, -0.2) is 6.54 Å². The van der Waals surface area contributed by atoms with Crippen molar-refractivity contribution < 1.29 is 0 Å². The number of nitrogens with one attached hydrogen (secondary N) is 1. The zero-order valence-corrected chi connectivity index (χ0v) is 12.1. The Balaban J connectivity index is 1.88. The van der Waals surface area contributed by atoms with Gasteiger partial charge in [0.05, 0.1) is 0 Å². The highest BCUT2D eigenvalue weighted by Gasteiger charge is 2.10. The molecule has 1 aromatic carbocycles. The van der Waals surface area contributed by atoms with Crippen molar-refractivity contribution in [2.24, 2.45) is 0 Å². The Kier molecular flexibility index (Phi) is 4.56. The van der Waals surface area contributed by atoms with E-state index < -0.39 is 0 Å². The summed E-state index contributed by atoms with van der Waals surface area (Å²) in [5.74, 6) is 0.551. The minimum absolute atomic E-state index is 0.440. The monoisotopic (exact) mass is 259 g/mol. The lowest BCUT2D eigenvalue weighted by Gasteiger charge is -2.17. The van der Waals surface area contributed by atoms with Crippen LogP contribution in [0.4, 0.5) is 0 Å². The predicted molar refractivity (Wildman–Crippen MR) is 80.3 cm³/mol. The zero-order valence-electron chi connectivity index (χ0n) is 11.3. The van der Waals surface area contributed by atoms with Gasteiger partial charge in [-0.15, -0.1) is 11.3 Å². The molecule has 0 fully saturated rings. The van der Waals surface area contributed by atoms with Crippen LogP contribution in [0.2, 0.25) is 0 Å². The number of hydrogen-bond acceptors (Lipinski definition) is 2. The molecule has 0 saturated carbocycles. The lowest BCUT2D eigenvalue weighted by Crippen LogP contribution is -2.22. The Morgan fingerprint density at radius 2 is 1.78 bits per heavy atom. The van der Waals surface area contributed by atoms with Gasteiger partial charge in [-0.2, -0.15) is 0 Å². The van der Waals surface area contributed by atoms with E-state index in [2.05, 4.69) is 68.6 Å². The van der Waals surface area contributed by atoms with Crippen molar-refractivity contribution in [3.63, 3.8) is 0 Å². The Bertz CT molecular complexity index is 475. The van der Waals surface area contributed by atoms with Crippen molar-refractivity contribution in [3.05, 3.63) is 57.8 Å². The van der Waals surface area contributed by atoms with Crippen LogP contribution in [-0.2, 0) is 0 Å². The van der Waals surface area contributed by atoms with E-state index in [1.165, 1.54) is 15.3 Å². The van der Waals surface area contributed by atoms with Crippen LogP contribution in [0, 0.1) is 6.92 Å². The molecule has 0 radical (unpaired) electrons. The molecule has 0 spiro atoms. The molecule has 1 heterocycles. The summed E-state index contributed by atoms with van der Waals surface area (Å²) in [6, 6.07) is 15.5. The van der Waals surface area contributed by atoms with Crippen LogP contribution in [0.25, 0.3) is 0 Å². The molecule has 2 heteroatoms. The number of benzene rings is 1. The van der Waals surface area contributed by atoms with Gasteiger partial charge in [0.15, 0.2) is 0 Å². The molecular weight excluding hydrogens is 238 g/mol. The summed E-state index contributed by atoms with van der Waals surface area (Å²) < 4.78 is 0. The van der Waals surface area contributed by atoms with Crippen LogP contribution in [0.1, 0.15) is 41.1 Å². The fourth-order valence-corrected chi connectivity index (χ4v) is 2.94. The standard InChI is InChI=1S/C16H21NS/c1-12(15-7-5-4-6-8-15)11-17-14(3)16-10-9-13(2)18-16/h4-10,12,14,17H,11H2,1-3H3. The topological polar surface area (TPSA) is 12.0 Å². The highest BCUT2D eigenvalue weighted by atomic mass is 32.1. The molecule has 2 atom stereocenters. The van der Waals surface area contributed by atoms with Crippen molar-refractivity contribution in [2.45, 2.75) is 32.7 Å². The van der Waals surface area contributed by atoms with Gasteiger partial charge in [0.2, 0.25) is 0 Å². The average molecular weight is 259 g/mol. The Hall–Kier alpha value is -1.12. The molecular formula is C16H21NS. The van der Waals surface area contributed by atoms with E-state index in [-0.39, 0.29) is 0 Å². The van der Waals surface area contributed by atoms with Crippen LogP contribution < -0.4 is 5.32 Å². The van der Waals surface area contributed by atoms with Gasteiger partial charge in [-0.1, -0.05) is 37.3 Å². The van der Waals surface area contributed by atoms with Crippen molar-refractivity contribution in [1.29, 1.82) is 0 Å². The minimum Gasteiger partial charge on any atom is -0.309 e. The second kappa shape index (κ2) is 6.17. The minimum atomic E-state index is 0.440. The van der Waals surface area contributed by atoms with E-state index in [0.29, 0.717) is 12.0 Å². The first-order valence-electron chi connectivity index (χ1n) is 6.51. The van der Waals surface area contributed by atoms with Crippen LogP contribution in [0.5, 0.6) is 0 Å². The first-order chi connectivity index (χ1) is 8.66. The molecule has 0 bridgehead atoms. The number of aryl methyl sites for hydroxylation is 1. The Morgan fingerprint density at radius 3 is 2.39 bits per heavy atom. The third kappa shape index (κ3) is 3.44. The maximum atomic E-state index is 3.62. The van der Waals surface area contributed by atoms with Crippen molar-refractivity contribution >= 4 is 11.3 Å². The summed E-state index contributed by atoms with van der Waals surface area (Å²) in [5.41, 5.74) is 1.40. The Morgan fingerprint density at radius 1 is 1.06 bits per heavy atom. The molecule has 0 saturated heterocycles. The van der Waals surface area contributed by atoms with Crippen molar-refractivity contribution in [2.75, 3.05) is 6.54 Å². The predicted octanol–water partition coefficient (Wildman–Crippen LogP) is 4.51. The Labute approximate surface area is 114 Å². The van der Waals surface area contributed by atoms with Crippen LogP contribution >= 0.6 is 11.3 Å². The molecule has 1 N–H and O–H groups in total. The van der Waals surface area contributed by atoms with Gasteiger partial charge in [-0.25, -0.2) is 0 Å². The van der Waals surface area contributed by atoms with Gasteiger partial charge in [-0.05, 0) is 37.5 Å². The molecule has 1 aromatic heterocycles. The van der Waals surface area contributed by atoms with Gasteiger partial charge in [0, 0.05) is 22.3 Å². The van der Waals surface area contributed by atoms with E-state index >= 15 is 0 Å². The van der Waals surface area contributed by atoms with E-state index in [1.807, 2.05) is 11.3 Å². The van der Waals surface area contributed by atoms with E-state index in [4.69, 9.17) is 0 Å². The van der Waals surface area contributed by atoms with Gasteiger partial charge in [0.1, 0.15) is 0 Å². The van der Waals surface area contributed by atoms with Crippen molar-refractivity contribution in [3.8, 4) is 0 Å². The third-order valence-corrected chi connectivity index (χ3v) is 4.47. The molecule has 0 amide bonds. The number of hydrogen-bond donors (Lipinski definition) is 1. The molecule has 96 valence electrons. The largest absolute Gasteiger partial charge is 0.309 e. The van der Waals surface area contributed by atoms with Crippen LogP contribution in [0.3, 0.4) is 0 Å². The summed E-state index contributed by atoms with van der Waals surface area (Å²) in [6.45, 7) is 7.69. The number of rotatable bonds is 5. The first-order valence-corrected chi connectivity index (χ1v) is 7.33. The van der Waals surface area contributed by atoms with Gasteiger partial charge in [-0.3, -0.25) is 0 Å². The van der Waals surface area contributed by atoms with Gasteiger partial charge in [0.25, 0.3) is 0 Å². The highest BCUT2D eigenvalue weighted by Crippen LogP contribution is 2.23. The smallest absolute Gasteiger partial charge is 0.0386 e. The molecule has 0 aliphatic rings. The number of thiophene rings is 1. The molecule has 1 nitrogen and oxygen atoms in total. The van der Waals surface area contributed by atoms with Crippen molar-refractivity contribution in [1.82, 2.24) is 5.32 Å². The van der Waals surface area contributed by atoms with Gasteiger partial charge < -0.3 is 5.32 Å². The second-order valence-corrected chi connectivity index (χ2v) is 6.21. The SMILES string of the molecule is Cc1ccc(C(C)NCC(C)c2ccccc2)s1. The second-order valence-electron chi connectivity index (χ2n) is 4.89. The van der Waals surface area contributed by atoms with E-state index in [9.17, 15) is 0 Å². The third-order valence-electron chi connectivity index (χ3n) is 3.29. The fraction of sp³-hybridized carbons (Fsp3) is 0.375. The lowest BCUT2D eigenvalue weighted by molar-refractivity contribution is 0.543. The summed E-state index contributed by atoms with van der Waals surface area (Å²) >= 11 is 1.88. The zero-order chi connectivity index (χ0) is 13.0. The highest BCUT2D eigenvalue weighted by molar-refractivity contribution is 7.12. The normalized spacial score (nSPS) is 14.4. The van der Waals surface area contributed by atoms with E-state index in [0.717, 1.165) is 6.54 Å². The molecule has 0 aliphatic heterocycles. The lowest BCUT2D eigenvalue weighted by atomic mass is 10.0. The quantitative estimate of drug-likeness (QED) is 0.833. The summed E-state index contributed by atoms with van der Waals surface area (Å²) in [6.07, 6.45) is 0. The molecule has 2 unspecified atom stereocenters. The average Bonchev–Trinajstić information content (AvgIpc) is 2.83. The summed E-state index contributed by atoms with van der Waals surface area (Å²) in [4.78, 5) is 2.81.